The standard InChI is InChI=1S/C20H18N8O6S2/c1-33-26-11(9-7-36-20(22)23-9)15(29)24-12-16(30)28-13(18(31)32)8(6-35-17(12)28)5-27-4-2-3-10-14(27)25-19(21)34-10/h2-4,7,12,17,21H,5-6H2,1H3,(H4,22,23,24,29,31,32)/p+1/t12?,17-/m0/s1. The normalized spacial score (nSPS) is 19.8. The number of fused-ring (bicyclic) bond motifs is 2. The number of oxime groups is 1. The number of aromatic nitrogens is 3. The molecule has 1 saturated heterocycles. The molecular formula is C20H19N8O6S2+. The molecule has 0 radical (unpaired) electrons. The Balaban J connectivity index is 1.38. The number of oxazole rings is 1. The van der Waals surface area contributed by atoms with Crippen LogP contribution in [0.2, 0.25) is 0 Å². The Bertz CT molecular complexity index is 1460. The average Bonchev–Trinajstić information content (AvgIpc) is 3.45. The van der Waals surface area contributed by atoms with Gasteiger partial charge in [-0.1, -0.05) is 5.16 Å². The topological polar surface area (TPSA) is 203 Å². The van der Waals surface area contributed by atoms with E-state index in [1.807, 2.05) is 0 Å². The number of carbonyl (C=O) groups is 3. The molecule has 2 amide bonds. The van der Waals surface area contributed by atoms with Crippen molar-refractivity contribution < 1.29 is 33.3 Å². The molecule has 0 spiro atoms. The smallest absolute Gasteiger partial charge is 0.410 e. The highest BCUT2D eigenvalue weighted by molar-refractivity contribution is 8.00. The van der Waals surface area contributed by atoms with Crippen molar-refractivity contribution in [1.29, 1.82) is 0 Å². The van der Waals surface area contributed by atoms with Gasteiger partial charge in [0.2, 0.25) is 5.58 Å². The molecule has 2 atom stereocenters. The number of nitrogens with two attached hydrogens (primary N) is 2. The number of anilines is 2. The number of carbonyl (C=O) groups excluding carboxylic acids is 2. The van der Waals surface area contributed by atoms with Gasteiger partial charge in [0.05, 0.1) is 6.20 Å². The van der Waals surface area contributed by atoms with Gasteiger partial charge in [0.1, 0.15) is 36.5 Å². The third kappa shape index (κ3) is 3.99. The van der Waals surface area contributed by atoms with E-state index in [-0.39, 0.29) is 34.8 Å². The highest BCUT2D eigenvalue weighted by Crippen LogP contribution is 2.40. The molecule has 3 aromatic heterocycles. The Morgan fingerprint density at radius 1 is 1.42 bits per heavy atom. The molecule has 0 aromatic carbocycles. The van der Waals surface area contributed by atoms with Crippen molar-refractivity contribution in [2.75, 3.05) is 24.3 Å². The second-order valence-electron chi connectivity index (χ2n) is 7.69. The molecule has 0 bridgehead atoms. The molecule has 2 aliphatic rings. The Morgan fingerprint density at radius 2 is 2.22 bits per heavy atom. The summed E-state index contributed by atoms with van der Waals surface area (Å²) in [5.74, 6) is -2.20. The number of hydrogen-bond donors (Lipinski definition) is 4. The van der Waals surface area contributed by atoms with Gasteiger partial charge in [0, 0.05) is 21.7 Å². The van der Waals surface area contributed by atoms with Crippen LogP contribution in [0.5, 0.6) is 0 Å². The van der Waals surface area contributed by atoms with Gasteiger partial charge in [-0.2, -0.15) is 0 Å². The van der Waals surface area contributed by atoms with Crippen LogP contribution in [-0.2, 0) is 25.8 Å². The van der Waals surface area contributed by atoms with Crippen molar-refractivity contribution in [3.8, 4) is 0 Å². The fraction of sp³-hybridized carbons (Fsp3) is 0.250. The van der Waals surface area contributed by atoms with E-state index in [0.717, 1.165) is 11.3 Å². The Labute approximate surface area is 210 Å². The van der Waals surface area contributed by atoms with E-state index in [1.54, 1.807) is 22.9 Å². The Kier molecular flexibility index (Phi) is 5.97. The first-order chi connectivity index (χ1) is 17.3. The van der Waals surface area contributed by atoms with Crippen LogP contribution in [0.3, 0.4) is 0 Å². The lowest BCUT2D eigenvalue weighted by Crippen LogP contribution is -2.71. The SMILES string of the molecule is CON=C(C(=O)NC1C(=O)N2C(C(=O)O)=C(C[n+]3cccc4oc(N)nc43)CS[C@@H]12)c1csc(N)n1. The maximum Gasteiger partial charge on any atom is 0.410 e. The minimum absolute atomic E-state index is 0.0105. The average molecular weight is 532 g/mol. The molecule has 1 unspecified atom stereocenters. The van der Waals surface area contributed by atoms with E-state index in [9.17, 15) is 19.5 Å². The molecule has 36 heavy (non-hydrogen) atoms. The predicted octanol–water partition coefficient (Wildman–Crippen LogP) is -0.474. The highest BCUT2D eigenvalue weighted by atomic mass is 32.2. The van der Waals surface area contributed by atoms with Crippen molar-refractivity contribution in [2.24, 2.45) is 5.16 Å². The summed E-state index contributed by atoms with van der Waals surface area (Å²) >= 11 is 2.45. The number of carboxylic acid groups (broad SMARTS) is 1. The van der Waals surface area contributed by atoms with Gasteiger partial charge in [-0.3, -0.25) is 14.5 Å². The number of aliphatic carboxylic acids is 1. The first-order valence-electron chi connectivity index (χ1n) is 10.4. The number of thioether (sulfide) groups is 1. The minimum atomic E-state index is -1.25. The molecule has 2 aliphatic heterocycles. The number of nitrogen functional groups attached to an aromatic ring is 2. The summed E-state index contributed by atoms with van der Waals surface area (Å²) in [7, 11) is 1.27. The maximum atomic E-state index is 13.0. The van der Waals surface area contributed by atoms with E-state index < -0.39 is 29.2 Å². The molecule has 14 nitrogen and oxygen atoms in total. The lowest BCUT2D eigenvalue weighted by Gasteiger charge is -2.49. The molecule has 5 rings (SSSR count). The zero-order valence-electron chi connectivity index (χ0n) is 18.6. The Morgan fingerprint density at radius 3 is 2.92 bits per heavy atom. The molecule has 16 heteroatoms. The summed E-state index contributed by atoms with van der Waals surface area (Å²) < 4.78 is 7.03. The van der Waals surface area contributed by atoms with Crippen LogP contribution in [0.4, 0.5) is 11.1 Å². The molecule has 5 heterocycles. The van der Waals surface area contributed by atoms with Crippen molar-refractivity contribution in [3.05, 3.63) is 40.7 Å². The summed E-state index contributed by atoms with van der Waals surface area (Å²) in [6, 6.07) is 2.45. The summed E-state index contributed by atoms with van der Waals surface area (Å²) in [4.78, 5) is 52.2. The lowest BCUT2D eigenvalue weighted by atomic mass is 10.0. The lowest BCUT2D eigenvalue weighted by molar-refractivity contribution is -0.664. The van der Waals surface area contributed by atoms with Crippen LogP contribution in [0.25, 0.3) is 11.2 Å². The highest BCUT2D eigenvalue weighted by Gasteiger charge is 2.54. The predicted molar refractivity (Wildman–Crippen MR) is 128 cm³/mol. The minimum Gasteiger partial charge on any atom is -0.477 e. The number of rotatable bonds is 7. The number of hydrogen-bond acceptors (Lipinski definition) is 12. The van der Waals surface area contributed by atoms with Gasteiger partial charge in [-0.25, -0.2) is 14.3 Å². The summed E-state index contributed by atoms with van der Waals surface area (Å²) in [5, 5.41) is 17.4. The zero-order chi connectivity index (χ0) is 25.6. The van der Waals surface area contributed by atoms with Crippen molar-refractivity contribution in [3.63, 3.8) is 0 Å². The van der Waals surface area contributed by atoms with E-state index >= 15 is 0 Å². The third-order valence-corrected chi connectivity index (χ3v) is 7.51. The maximum absolute atomic E-state index is 13.0. The van der Waals surface area contributed by atoms with Gasteiger partial charge in [0.15, 0.2) is 10.8 Å². The van der Waals surface area contributed by atoms with E-state index in [4.69, 9.17) is 20.7 Å². The van der Waals surface area contributed by atoms with Crippen LogP contribution < -0.4 is 21.4 Å². The number of β-lactam (4-membered cyclic amide) rings is 1. The fourth-order valence-corrected chi connectivity index (χ4v) is 5.88. The van der Waals surface area contributed by atoms with Gasteiger partial charge in [-0.15, -0.1) is 23.1 Å². The monoisotopic (exact) mass is 531 g/mol. The number of nitrogens with zero attached hydrogens (tertiary/aromatic N) is 5. The molecule has 0 aliphatic carbocycles. The van der Waals surface area contributed by atoms with Crippen LogP contribution >= 0.6 is 23.1 Å². The second-order valence-corrected chi connectivity index (χ2v) is 9.68. The molecule has 6 N–H and O–H groups in total. The zero-order valence-corrected chi connectivity index (χ0v) is 20.2. The molecule has 0 saturated carbocycles. The van der Waals surface area contributed by atoms with Gasteiger partial charge >= 0.3 is 17.6 Å². The van der Waals surface area contributed by atoms with Crippen molar-refractivity contribution in [1.82, 2.24) is 20.2 Å². The van der Waals surface area contributed by atoms with Gasteiger partial charge in [0.25, 0.3) is 11.8 Å². The third-order valence-electron chi connectivity index (χ3n) is 5.50. The van der Waals surface area contributed by atoms with E-state index in [2.05, 4.69) is 20.4 Å². The molecule has 1 fully saturated rings. The molecule has 3 aromatic rings. The number of amides is 2. The summed E-state index contributed by atoms with van der Waals surface area (Å²) in [6.45, 7) is 0.154. The number of carboxylic acids is 1. The summed E-state index contributed by atoms with van der Waals surface area (Å²) in [6.07, 6.45) is 1.72. The van der Waals surface area contributed by atoms with E-state index in [1.165, 1.54) is 29.2 Å². The summed E-state index contributed by atoms with van der Waals surface area (Å²) in [5.41, 5.74) is 12.6. The van der Waals surface area contributed by atoms with Crippen LogP contribution in [0.15, 0.2) is 44.6 Å². The Hall–Kier alpha value is -4.18. The van der Waals surface area contributed by atoms with Gasteiger partial charge in [-0.05, 0) is 12.1 Å². The number of pyridine rings is 1. The first kappa shape index (κ1) is 23.6. The largest absolute Gasteiger partial charge is 0.477 e. The molecule has 186 valence electrons. The van der Waals surface area contributed by atoms with Gasteiger partial charge < -0.3 is 31.1 Å². The quantitative estimate of drug-likeness (QED) is 0.133. The first-order valence-corrected chi connectivity index (χ1v) is 12.3. The fourth-order valence-electron chi connectivity index (χ4n) is 4.00. The van der Waals surface area contributed by atoms with Crippen LogP contribution in [0.1, 0.15) is 5.69 Å². The number of thiazole rings is 1. The van der Waals surface area contributed by atoms with Crippen molar-refractivity contribution in [2.45, 2.75) is 18.0 Å². The van der Waals surface area contributed by atoms with Crippen LogP contribution in [-0.4, -0.2) is 67.7 Å². The molecular weight excluding hydrogens is 512 g/mol. The van der Waals surface area contributed by atoms with Crippen molar-refractivity contribution >= 4 is 69.0 Å². The second kappa shape index (κ2) is 9.12. The van der Waals surface area contributed by atoms with Crippen LogP contribution in [0, 0.1) is 0 Å². The number of nitrogens with one attached hydrogen (secondary N) is 1. The van der Waals surface area contributed by atoms with E-state index in [0.29, 0.717) is 22.6 Å².